The van der Waals surface area contributed by atoms with Gasteiger partial charge in [-0.15, -0.1) is 0 Å². The van der Waals surface area contributed by atoms with Gasteiger partial charge in [0.25, 0.3) is 10.9 Å². The van der Waals surface area contributed by atoms with E-state index in [2.05, 4.69) is 49.9 Å². The largest absolute Gasteiger partial charge is 0.394 e. The summed E-state index contributed by atoms with van der Waals surface area (Å²) in [5, 5.41) is 0. The van der Waals surface area contributed by atoms with E-state index in [0.29, 0.717) is 18.8 Å². The number of piperazine rings is 1. The molecule has 5 heteroatoms. The Balaban J connectivity index is 1.68. The molecule has 23 heavy (non-hydrogen) atoms. The first-order chi connectivity index (χ1) is 10.8. The van der Waals surface area contributed by atoms with Crippen LogP contribution in [0.2, 0.25) is 0 Å². The first-order valence-electron chi connectivity index (χ1n) is 7.98. The number of anilines is 3. The fourth-order valence-corrected chi connectivity index (χ4v) is 3.07. The summed E-state index contributed by atoms with van der Waals surface area (Å²) in [7, 11) is 0. The topological polar surface area (TPSA) is 66.6 Å². The third kappa shape index (κ3) is 2.71. The summed E-state index contributed by atoms with van der Waals surface area (Å²) in [5.41, 5.74) is 7.86. The SMILES string of the molecule is CC(C)(C)c1ccc(N2CCN(c3c(N)c(=O)c3=O)CC2)cc1. The molecule has 2 aromatic rings. The minimum atomic E-state index is -0.541. The van der Waals surface area contributed by atoms with E-state index < -0.39 is 10.9 Å². The molecule has 1 fully saturated rings. The quantitative estimate of drug-likeness (QED) is 0.851. The number of hydrogen-bond acceptors (Lipinski definition) is 5. The summed E-state index contributed by atoms with van der Waals surface area (Å²) in [4.78, 5) is 27.1. The van der Waals surface area contributed by atoms with E-state index in [4.69, 9.17) is 5.73 Å². The van der Waals surface area contributed by atoms with Gasteiger partial charge in [0.1, 0.15) is 11.4 Å². The molecule has 3 rings (SSSR count). The van der Waals surface area contributed by atoms with E-state index in [0.717, 1.165) is 13.1 Å². The van der Waals surface area contributed by atoms with Gasteiger partial charge in [-0.2, -0.15) is 0 Å². The zero-order chi connectivity index (χ0) is 16.8. The van der Waals surface area contributed by atoms with Crippen LogP contribution in [0.3, 0.4) is 0 Å². The molecule has 5 nitrogen and oxygen atoms in total. The van der Waals surface area contributed by atoms with Crippen molar-refractivity contribution >= 4 is 17.1 Å². The summed E-state index contributed by atoms with van der Waals surface area (Å²) in [6, 6.07) is 8.66. The van der Waals surface area contributed by atoms with Crippen LogP contribution >= 0.6 is 0 Å². The molecule has 1 aliphatic heterocycles. The first kappa shape index (κ1) is 15.6. The number of nitrogens with two attached hydrogens (primary N) is 1. The highest BCUT2D eigenvalue weighted by molar-refractivity contribution is 5.73. The Kier molecular flexibility index (Phi) is 3.66. The van der Waals surface area contributed by atoms with Gasteiger partial charge < -0.3 is 15.5 Å². The molecule has 0 atom stereocenters. The molecule has 0 bridgehead atoms. The lowest BCUT2D eigenvalue weighted by atomic mass is 9.87. The Bertz CT molecular complexity index is 772. The van der Waals surface area contributed by atoms with Gasteiger partial charge in [0.2, 0.25) is 0 Å². The van der Waals surface area contributed by atoms with Crippen molar-refractivity contribution in [3.63, 3.8) is 0 Å². The van der Waals surface area contributed by atoms with E-state index in [1.165, 1.54) is 11.3 Å². The zero-order valence-electron chi connectivity index (χ0n) is 13.9. The van der Waals surface area contributed by atoms with Crippen LogP contribution in [0.25, 0.3) is 0 Å². The Labute approximate surface area is 136 Å². The summed E-state index contributed by atoms with van der Waals surface area (Å²) < 4.78 is 0. The fraction of sp³-hybridized carbons (Fsp3) is 0.444. The molecule has 0 spiro atoms. The van der Waals surface area contributed by atoms with E-state index in [1.807, 2.05) is 4.90 Å². The summed E-state index contributed by atoms with van der Waals surface area (Å²) in [5.74, 6) is 0. The van der Waals surface area contributed by atoms with Gasteiger partial charge in [-0.3, -0.25) is 9.59 Å². The van der Waals surface area contributed by atoms with Crippen molar-refractivity contribution in [3.8, 4) is 0 Å². The van der Waals surface area contributed by atoms with Crippen molar-refractivity contribution in [1.29, 1.82) is 0 Å². The van der Waals surface area contributed by atoms with Crippen LogP contribution in [0.4, 0.5) is 17.1 Å². The van der Waals surface area contributed by atoms with Gasteiger partial charge in [-0.1, -0.05) is 32.9 Å². The van der Waals surface area contributed by atoms with Crippen LogP contribution in [0.5, 0.6) is 0 Å². The number of nitrogens with zero attached hydrogens (tertiary/aromatic N) is 2. The summed E-state index contributed by atoms with van der Waals surface area (Å²) in [6.07, 6.45) is 0. The van der Waals surface area contributed by atoms with Crippen LogP contribution < -0.4 is 26.4 Å². The van der Waals surface area contributed by atoms with Crippen LogP contribution in [-0.2, 0) is 5.41 Å². The lowest BCUT2D eigenvalue weighted by Gasteiger charge is -2.38. The normalized spacial score (nSPS) is 16.1. The van der Waals surface area contributed by atoms with Gasteiger partial charge in [-0.25, -0.2) is 0 Å². The molecule has 122 valence electrons. The molecular weight excluding hydrogens is 290 g/mol. The minimum absolute atomic E-state index is 0.123. The van der Waals surface area contributed by atoms with Gasteiger partial charge in [0, 0.05) is 31.9 Å². The molecule has 0 amide bonds. The molecule has 2 N–H and O–H groups in total. The van der Waals surface area contributed by atoms with Gasteiger partial charge in [-0.05, 0) is 23.1 Å². The minimum Gasteiger partial charge on any atom is -0.394 e. The molecule has 1 heterocycles. The van der Waals surface area contributed by atoms with Crippen LogP contribution in [0.1, 0.15) is 26.3 Å². The monoisotopic (exact) mass is 313 g/mol. The lowest BCUT2D eigenvalue weighted by Crippen LogP contribution is -2.51. The molecular formula is C18H23N3O2. The average Bonchev–Trinajstić information content (AvgIpc) is 2.55. The van der Waals surface area contributed by atoms with Crippen molar-refractivity contribution in [3.05, 3.63) is 50.3 Å². The van der Waals surface area contributed by atoms with Crippen molar-refractivity contribution in [1.82, 2.24) is 0 Å². The number of hydrogen-bond donors (Lipinski definition) is 1. The summed E-state index contributed by atoms with van der Waals surface area (Å²) >= 11 is 0. The van der Waals surface area contributed by atoms with E-state index in [-0.39, 0.29) is 11.1 Å². The Morgan fingerprint density at radius 2 is 1.39 bits per heavy atom. The number of benzene rings is 1. The highest BCUT2D eigenvalue weighted by Crippen LogP contribution is 2.26. The predicted octanol–water partition coefficient (Wildman–Crippen LogP) is 1.49. The van der Waals surface area contributed by atoms with Crippen molar-refractivity contribution in [2.75, 3.05) is 41.7 Å². The van der Waals surface area contributed by atoms with Crippen LogP contribution in [0, 0.1) is 0 Å². The summed E-state index contributed by atoms with van der Waals surface area (Å²) in [6.45, 7) is 9.65. The van der Waals surface area contributed by atoms with Crippen molar-refractivity contribution < 1.29 is 0 Å². The highest BCUT2D eigenvalue weighted by Gasteiger charge is 2.27. The van der Waals surface area contributed by atoms with E-state index >= 15 is 0 Å². The van der Waals surface area contributed by atoms with Crippen molar-refractivity contribution in [2.45, 2.75) is 26.2 Å². The second-order valence-corrected chi connectivity index (χ2v) is 7.19. The maximum Gasteiger partial charge on any atom is 0.253 e. The van der Waals surface area contributed by atoms with Gasteiger partial charge >= 0.3 is 0 Å². The molecule has 2 aromatic carbocycles. The Hall–Kier alpha value is -2.30. The Morgan fingerprint density at radius 3 is 1.87 bits per heavy atom. The second kappa shape index (κ2) is 5.41. The zero-order valence-corrected chi connectivity index (χ0v) is 13.9. The maximum absolute atomic E-state index is 11.6. The second-order valence-electron chi connectivity index (χ2n) is 7.19. The molecule has 0 unspecified atom stereocenters. The standard InChI is InChI=1S/C18H23N3O2/c1-18(2,3)12-4-6-13(7-5-12)20-8-10-21(11-9-20)15-14(19)16(22)17(15)23/h4-7H,8-11,19H2,1-3H3. The van der Waals surface area contributed by atoms with E-state index in [1.54, 1.807) is 0 Å². The third-order valence-corrected chi connectivity index (χ3v) is 4.62. The molecule has 0 saturated carbocycles. The maximum atomic E-state index is 11.6. The van der Waals surface area contributed by atoms with Crippen LogP contribution in [-0.4, -0.2) is 26.2 Å². The van der Waals surface area contributed by atoms with E-state index in [9.17, 15) is 9.59 Å². The molecule has 1 saturated heterocycles. The third-order valence-electron chi connectivity index (χ3n) is 4.62. The molecule has 0 aromatic heterocycles. The lowest BCUT2D eigenvalue weighted by molar-refractivity contribution is 0.590. The average molecular weight is 313 g/mol. The smallest absolute Gasteiger partial charge is 0.253 e. The number of nitrogen functional groups attached to an aromatic ring is 1. The predicted molar refractivity (Wildman–Crippen MR) is 95.3 cm³/mol. The number of rotatable bonds is 2. The molecule has 0 aliphatic carbocycles. The van der Waals surface area contributed by atoms with Gasteiger partial charge in [0.05, 0.1) is 0 Å². The fourth-order valence-electron chi connectivity index (χ4n) is 3.07. The van der Waals surface area contributed by atoms with Gasteiger partial charge in [0.15, 0.2) is 0 Å². The molecule has 1 aliphatic rings. The highest BCUT2D eigenvalue weighted by atomic mass is 16.2. The van der Waals surface area contributed by atoms with Crippen molar-refractivity contribution in [2.24, 2.45) is 0 Å². The molecule has 0 radical (unpaired) electrons. The first-order valence-corrected chi connectivity index (χ1v) is 7.98. The van der Waals surface area contributed by atoms with Crippen LogP contribution in [0.15, 0.2) is 33.9 Å². The Morgan fingerprint density at radius 1 is 0.870 bits per heavy atom.